The van der Waals surface area contributed by atoms with Gasteiger partial charge in [-0.3, -0.25) is 14.6 Å². The second-order valence-electron chi connectivity index (χ2n) is 7.99. The zero-order valence-electron chi connectivity index (χ0n) is 18.2. The van der Waals surface area contributed by atoms with Crippen molar-refractivity contribution in [3.63, 3.8) is 0 Å². The van der Waals surface area contributed by atoms with Gasteiger partial charge in [0.15, 0.2) is 0 Å². The average molecular weight is 423 g/mol. The fraction of sp³-hybridized carbons (Fsp3) is 0.417. The van der Waals surface area contributed by atoms with Gasteiger partial charge in [0.05, 0.1) is 18.2 Å². The van der Waals surface area contributed by atoms with Gasteiger partial charge in [-0.25, -0.2) is 0 Å². The van der Waals surface area contributed by atoms with Crippen molar-refractivity contribution in [1.29, 1.82) is 5.26 Å². The fourth-order valence-corrected chi connectivity index (χ4v) is 3.69. The van der Waals surface area contributed by atoms with E-state index in [1.54, 1.807) is 24.3 Å². The number of para-hydroxylation sites is 1. The summed E-state index contributed by atoms with van der Waals surface area (Å²) in [6.07, 6.45) is -0.602. The van der Waals surface area contributed by atoms with Gasteiger partial charge in [0.25, 0.3) is 0 Å². The van der Waals surface area contributed by atoms with Crippen molar-refractivity contribution in [2.24, 2.45) is 0 Å². The Bertz CT molecular complexity index is 895. The van der Waals surface area contributed by atoms with E-state index >= 15 is 0 Å². The summed E-state index contributed by atoms with van der Waals surface area (Å²) in [6, 6.07) is 14.9. The summed E-state index contributed by atoms with van der Waals surface area (Å²) in [7, 11) is 0. The Morgan fingerprint density at radius 3 is 2.32 bits per heavy atom. The quantitative estimate of drug-likeness (QED) is 0.678. The van der Waals surface area contributed by atoms with Gasteiger partial charge in [0.2, 0.25) is 5.91 Å². The maximum Gasteiger partial charge on any atom is 0.238 e. The molecule has 164 valence electrons. The van der Waals surface area contributed by atoms with E-state index in [1.165, 1.54) is 0 Å². The minimum absolute atomic E-state index is 0.00158. The van der Waals surface area contributed by atoms with Crippen LogP contribution in [-0.4, -0.2) is 72.8 Å². The van der Waals surface area contributed by atoms with E-state index in [1.807, 2.05) is 32.0 Å². The molecule has 1 aliphatic heterocycles. The number of aliphatic hydroxyl groups excluding tert-OH is 1. The van der Waals surface area contributed by atoms with Crippen LogP contribution in [0.2, 0.25) is 0 Å². The van der Waals surface area contributed by atoms with Crippen LogP contribution in [0.4, 0.5) is 5.69 Å². The van der Waals surface area contributed by atoms with Crippen LogP contribution in [0.3, 0.4) is 0 Å². The maximum atomic E-state index is 12.5. The molecule has 1 fully saturated rings. The molecule has 1 atom stereocenters. The molecule has 0 unspecified atom stereocenters. The summed E-state index contributed by atoms with van der Waals surface area (Å²) in [5, 5.41) is 22.2. The summed E-state index contributed by atoms with van der Waals surface area (Å²) in [5.74, 6) is 0.638. The lowest BCUT2D eigenvalue weighted by molar-refractivity contribution is -0.117. The predicted octanol–water partition coefficient (Wildman–Crippen LogP) is 2.17. The van der Waals surface area contributed by atoms with Crippen LogP contribution in [0.25, 0.3) is 0 Å². The number of hydrogen-bond donors (Lipinski definition) is 2. The molecule has 0 aromatic heterocycles. The number of nitriles is 1. The second kappa shape index (κ2) is 10.9. The summed E-state index contributed by atoms with van der Waals surface area (Å²) < 4.78 is 5.61. The number of hydrogen-bond acceptors (Lipinski definition) is 6. The topological polar surface area (TPSA) is 88.8 Å². The van der Waals surface area contributed by atoms with Crippen LogP contribution in [0.1, 0.15) is 16.7 Å². The molecule has 2 aromatic rings. The minimum atomic E-state index is -0.602. The third kappa shape index (κ3) is 6.79. The van der Waals surface area contributed by atoms with E-state index in [9.17, 15) is 9.90 Å². The van der Waals surface area contributed by atoms with Crippen LogP contribution in [-0.2, 0) is 4.79 Å². The Balaban J connectivity index is 1.37. The van der Waals surface area contributed by atoms with Gasteiger partial charge in [0, 0.05) is 38.4 Å². The van der Waals surface area contributed by atoms with E-state index in [2.05, 4.69) is 21.2 Å². The maximum absolute atomic E-state index is 12.5. The minimum Gasteiger partial charge on any atom is -0.491 e. The first-order valence-corrected chi connectivity index (χ1v) is 10.6. The van der Waals surface area contributed by atoms with Gasteiger partial charge in [0.1, 0.15) is 18.5 Å². The van der Waals surface area contributed by atoms with E-state index in [4.69, 9.17) is 10.00 Å². The summed E-state index contributed by atoms with van der Waals surface area (Å²) in [4.78, 5) is 16.8. The molecule has 7 nitrogen and oxygen atoms in total. The van der Waals surface area contributed by atoms with Gasteiger partial charge in [-0.1, -0.05) is 18.2 Å². The molecule has 0 radical (unpaired) electrons. The van der Waals surface area contributed by atoms with Crippen molar-refractivity contribution >= 4 is 11.6 Å². The Kier molecular flexibility index (Phi) is 8.01. The number of anilines is 1. The molecule has 1 amide bonds. The number of carbonyl (C=O) groups is 1. The molecule has 0 saturated carbocycles. The molecule has 0 aliphatic carbocycles. The van der Waals surface area contributed by atoms with E-state index in [0.717, 1.165) is 43.0 Å². The highest BCUT2D eigenvalue weighted by molar-refractivity contribution is 5.93. The van der Waals surface area contributed by atoms with Crippen LogP contribution >= 0.6 is 0 Å². The van der Waals surface area contributed by atoms with Crippen LogP contribution in [0.15, 0.2) is 42.5 Å². The lowest BCUT2D eigenvalue weighted by Crippen LogP contribution is -2.50. The molecule has 1 saturated heterocycles. The lowest BCUT2D eigenvalue weighted by Gasteiger charge is -2.35. The van der Waals surface area contributed by atoms with Crippen LogP contribution < -0.4 is 10.1 Å². The summed E-state index contributed by atoms with van der Waals surface area (Å²) in [5.41, 5.74) is 3.61. The number of piperazine rings is 1. The number of ether oxygens (including phenoxy) is 1. The molecule has 2 aromatic carbocycles. The second-order valence-corrected chi connectivity index (χ2v) is 7.99. The Morgan fingerprint density at radius 1 is 1.10 bits per heavy atom. The molecular formula is C24H30N4O3. The first-order chi connectivity index (χ1) is 14.9. The molecule has 0 bridgehead atoms. The van der Waals surface area contributed by atoms with E-state index < -0.39 is 6.10 Å². The van der Waals surface area contributed by atoms with Gasteiger partial charge < -0.3 is 15.2 Å². The largest absolute Gasteiger partial charge is 0.491 e. The Labute approximate surface area is 183 Å². The van der Waals surface area contributed by atoms with Crippen molar-refractivity contribution in [3.8, 4) is 11.8 Å². The highest BCUT2D eigenvalue weighted by atomic mass is 16.5. The van der Waals surface area contributed by atoms with Crippen LogP contribution in [0.5, 0.6) is 5.75 Å². The number of carbonyl (C=O) groups excluding carboxylic acids is 1. The van der Waals surface area contributed by atoms with Gasteiger partial charge in [-0.2, -0.15) is 5.26 Å². The molecular weight excluding hydrogens is 392 g/mol. The van der Waals surface area contributed by atoms with Gasteiger partial charge in [-0.05, 0) is 49.2 Å². The molecule has 7 heteroatoms. The molecule has 2 N–H and O–H groups in total. The predicted molar refractivity (Wildman–Crippen MR) is 120 cm³/mol. The van der Waals surface area contributed by atoms with E-state index in [0.29, 0.717) is 24.4 Å². The molecule has 3 rings (SSSR count). The van der Waals surface area contributed by atoms with Crippen molar-refractivity contribution in [1.82, 2.24) is 9.80 Å². The van der Waals surface area contributed by atoms with Gasteiger partial charge >= 0.3 is 0 Å². The molecule has 31 heavy (non-hydrogen) atoms. The first-order valence-electron chi connectivity index (χ1n) is 10.6. The van der Waals surface area contributed by atoms with E-state index in [-0.39, 0.29) is 12.5 Å². The lowest BCUT2D eigenvalue weighted by atomic mass is 10.1. The normalized spacial score (nSPS) is 15.8. The first kappa shape index (κ1) is 22.8. The number of benzene rings is 2. The van der Waals surface area contributed by atoms with Crippen molar-refractivity contribution in [2.75, 3.05) is 51.2 Å². The number of nitrogens with one attached hydrogen (secondary N) is 1. The third-order valence-electron chi connectivity index (χ3n) is 5.47. The molecule has 1 aliphatic rings. The zero-order valence-corrected chi connectivity index (χ0v) is 18.2. The van der Waals surface area contributed by atoms with Crippen molar-refractivity contribution < 1.29 is 14.6 Å². The monoisotopic (exact) mass is 422 g/mol. The number of aryl methyl sites for hydroxylation is 2. The Morgan fingerprint density at radius 2 is 1.71 bits per heavy atom. The zero-order chi connectivity index (χ0) is 22.2. The number of amides is 1. The number of nitrogens with zero attached hydrogens (tertiary/aromatic N) is 3. The highest BCUT2D eigenvalue weighted by Gasteiger charge is 2.21. The highest BCUT2D eigenvalue weighted by Crippen LogP contribution is 2.19. The number of rotatable bonds is 8. The summed E-state index contributed by atoms with van der Waals surface area (Å²) >= 11 is 0. The number of aliphatic hydroxyl groups is 1. The molecule has 0 spiro atoms. The summed E-state index contributed by atoms with van der Waals surface area (Å²) in [6.45, 7) is 8.24. The number of β-amino-alcohol motifs (C(OH)–C–C–N with tert-alkyl or cyclic N) is 1. The third-order valence-corrected chi connectivity index (χ3v) is 5.47. The fourth-order valence-electron chi connectivity index (χ4n) is 3.69. The smallest absolute Gasteiger partial charge is 0.238 e. The van der Waals surface area contributed by atoms with Crippen LogP contribution in [0, 0.1) is 25.2 Å². The molecule has 1 heterocycles. The van der Waals surface area contributed by atoms with Gasteiger partial charge in [-0.15, -0.1) is 0 Å². The van der Waals surface area contributed by atoms with Crippen molar-refractivity contribution in [2.45, 2.75) is 20.0 Å². The Hall–Kier alpha value is -2.92. The standard InChI is InChI=1S/C24H30N4O3/c1-18-4-3-5-19(2)24(18)26-23(30)16-28-12-10-27(11-13-28)15-21(29)17-31-22-8-6-20(14-25)7-9-22/h3-9,21,29H,10-13,15-17H2,1-2H3,(H,26,30)/t21-/m0/s1. The average Bonchev–Trinajstić information content (AvgIpc) is 2.77. The SMILES string of the molecule is Cc1cccc(C)c1NC(=O)CN1CCN(C[C@H](O)COc2ccc(C#N)cc2)CC1. The van der Waals surface area contributed by atoms with Crippen molar-refractivity contribution in [3.05, 3.63) is 59.2 Å².